The number of aromatic nitrogens is 4. The molecule has 4 aromatic rings. The van der Waals surface area contributed by atoms with Gasteiger partial charge >= 0.3 is 0 Å². The number of nitrogen functional groups attached to an aromatic ring is 1. The summed E-state index contributed by atoms with van der Waals surface area (Å²) in [5, 5.41) is 5.63. The third-order valence-electron chi connectivity index (χ3n) is 5.81. The van der Waals surface area contributed by atoms with Crippen LogP contribution in [-0.4, -0.2) is 43.6 Å². The van der Waals surface area contributed by atoms with Gasteiger partial charge in [0.2, 0.25) is 5.91 Å². The lowest BCUT2D eigenvalue weighted by molar-refractivity contribution is -0.130. The topological polar surface area (TPSA) is 99.2 Å². The van der Waals surface area contributed by atoms with Crippen LogP contribution < -0.4 is 10.5 Å². The summed E-state index contributed by atoms with van der Waals surface area (Å²) in [6, 6.07) is 17.4. The van der Waals surface area contributed by atoms with E-state index in [1.54, 1.807) is 6.92 Å². The molecule has 1 aliphatic heterocycles. The molecule has 1 saturated heterocycles. The van der Waals surface area contributed by atoms with Crippen LogP contribution in [0.25, 0.3) is 22.3 Å². The Balaban J connectivity index is 1.51. The molecular formula is C24H24N6O2. The number of hydrogen-bond donors (Lipinski definition) is 1. The van der Waals surface area contributed by atoms with Crippen LogP contribution in [0.4, 0.5) is 5.82 Å². The van der Waals surface area contributed by atoms with Crippen LogP contribution in [0.2, 0.25) is 0 Å². The standard InChI is InChI=1S/C24H24N6O2/c1-16(31)29-13-5-6-18(14-29)30-24-21(23(25)26-15-27-24)22(28-30)17-9-11-20(12-10-17)32-19-7-3-2-4-8-19/h2-4,7-12,15,18H,5-6,13-14H2,1H3,(H2,25,26,27). The summed E-state index contributed by atoms with van der Waals surface area (Å²) < 4.78 is 7.81. The lowest BCUT2D eigenvalue weighted by atomic mass is 10.1. The number of carbonyl (C=O) groups excluding carboxylic acids is 1. The Morgan fingerprint density at radius 3 is 2.56 bits per heavy atom. The highest BCUT2D eigenvalue weighted by atomic mass is 16.5. The predicted molar refractivity (Wildman–Crippen MR) is 122 cm³/mol. The van der Waals surface area contributed by atoms with Gasteiger partial charge in [-0.3, -0.25) is 4.79 Å². The third kappa shape index (κ3) is 3.75. The van der Waals surface area contributed by atoms with Crippen molar-refractivity contribution in [1.29, 1.82) is 0 Å². The van der Waals surface area contributed by atoms with Crippen LogP contribution in [-0.2, 0) is 4.79 Å². The number of piperidine rings is 1. The van der Waals surface area contributed by atoms with Crippen molar-refractivity contribution in [3.8, 4) is 22.8 Å². The van der Waals surface area contributed by atoms with Crippen LogP contribution in [0, 0.1) is 0 Å². The van der Waals surface area contributed by atoms with Crippen LogP contribution in [0.1, 0.15) is 25.8 Å². The van der Waals surface area contributed by atoms with Crippen molar-refractivity contribution in [1.82, 2.24) is 24.6 Å². The second-order valence-corrected chi connectivity index (χ2v) is 7.95. The molecule has 1 aliphatic rings. The van der Waals surface area contributed by atoms with Gasteiger partial charge in [0.15, 0.2) is 5.65 Å². The number of fused-ring (bicyclic) bond motifs is 1. The molecule has 0 spiro atoms. The number of benzene rings is 2. The largest absolute Gasteiger partial charge is 0.457 e. The molecule has 8 nitrogen and oxygen atoms in total. The number of nitrogens with zero attached hydrogens (tertiary/aromatic N) is 5. The highest BCUT2D eigenvalue weighted by Crippen LogP contribution is 2.34. The minimum Gasteiger partial charge on any atom is -0.457 e. The predicted octanol–water partition coefficient (Wildman–Crippen LogP) is 4.05. The quantitative estimate of drug-likeness (QED) is 0.526. The molecule has 1 atom stereocenters. The number of para-hydroxylation sites is 1. The van der Waals surface area contributed by atoms with Crippen molar-refractivity contribution in [3.05, 3.63) is 60.9 Å². The first kappa shape index (κ1) is 20.0. The van der Waals surface area contributed by atoms with Crippen LogP contribution >= 0.6 is 0 Å². The van der Waals surface area contributed by atoms with Gasteiger partial charge in [-0.15, -0.1) is 0 Å². The number of rotatable bonds is 4. The van der Waals surface area contributed by atoms with E-state index in [1.165, 1.54) is 6.33 Å². The second-order valence-electron chi connectivity index (χ2n) is 7.95. The number of carbonyl (C=O) groups is 1. The summed E-state index contributed by atoms with van der Waals surface area (Å²) in [5.41, 5.74) is 8.56. The zero-order valence-electron chi connectivity index (χ0n) is 17.8. The Bertz CT molecular complexity index is 1250. The fourth-order valence-electron chi connectivity index (χ4n) is 4.20. The van der Waals surface area contributed by atoms with Crippen molar-refractivity contribution in [2.75, 3.05) is 18.8 Å². The van der Waals surface area contributed by atoms with Crippen molar-refractivity contribution in [2.45, 2.75) is 25.8 Å². The molecule has 0 radical (unpaired) electrons. The van der Waals surface area contributed by atoms with Crippen LogP contribution in [0.3, 0.4) is 0 Å². The zero-order valence-corrected chi connectivity index (χ0v) is 17.8. The highest BCUT2D eigenvalue weighted by Gasteiger charge is 2.27. The molecule has 162 valence electrons. The van der Waals surface area contributed by atoms with E-state index in [9.17, 15) is 4.79 Å². The van der Waals surface area contributed by atoms with Crippen LogP contribution in [0.15, 0.2) is 60.9 Å². The van der Waals surface area contributed by atoms with Gasteiger partial charge in [-0.1, -0.05) is 18.2 Å². The molecule has 0 saturated carbocycles. The van der Waals surface area contributed by atoms with E-state index >= 15 is 0 Å². The number of likely N-dealkylation sites (tertiary alicyclic amines) is 1. The second kappa shape index (κ2) is 8.30. The normalized spacial score (nSPS) is 16.3. The molecule has 3 heterocycles. The van der Waals surface area contributed by atoms with E-state index in [0.29, 0.717) is 18.0 Å². The Labute approximate surface area is 185 Å². The van der Waals surface area contributed by atoms with Gasteiger partial charge in [-0.25, -0.2) is 14.6 Å². The number of nitrogens with two attached hydrogens (primary N) is 1. The van der Waals surface area contributed by atoms with E-state index in [4.69, 9.17) is 15.6 Å². The molecule has 8 heteroatoms. The number of hydrogen-bond acceptors (Lipinski definition) is 6. The lowest BCUT2D eigenvalue weighted by Crippen LogP contribution is -2.39. The zero-order chi connectivity index (χ0) is 22.1. The molecule has 5 rings (SSSR count). The monoisotopic (exact) mass is 428 g/mol. The summed E-state index contributed by atoms with van der Waals surface area (Å²) in [5.74, 6) is 1.98. The average molecular weight is 428 g/mol. The van der Waals surface area contributed by atoms with Crippen molar-refractivity contribution < 1.29 is 9.53 Å². The van der Waals surface area contributed by atoms with E-state index in [1.807, 2.05) is 64.2 Å². The van der Waals surface area contributed by atoms with Gasteiger partial charge in [0.25, 0.3) is 0 Å². The molecule has 2 aromatic carbocycles. The maximum atomic E-state index is 11.9. The fourth-order valence-corrected chi connectivity index (χ4v) is 4.20. The summed E-state index contributed by atoms with van der Waals surface area (Å²) >= 11 is 0. The Kier molecular flexibility index (Phi) is 5.18. The summed E-state index contributed by atoms with van der Waals surface area (Å²) in [6.45, 7) is 2.99. The van der Waals surface area contributed by atoms with Gasteiger partial charge in [0, 0.05) is 25.6 Å². The lowest BCUT2D eigenvalue weighted by Gasteiger charge is -2.32. The fraction of sp³-hybridized carbons (Fsp3) is 0.250. The molecule has 1 amide bonds. The van der Waals surface area contributed by atoms with Crippen molar-refractivity contribution in [2.24, 2.45) is 0 Å². The Hall–Kier alpha value is -3.94. The third-order valence-corrected chi connectivity index (χ3v) is 5.81. The molecule has 1 fully saturated rings. The summed E-state index contributed by atoms with van der Waals surface area (Å²) in [6.07, 6.45) is 3.31. The Morgan fingerprint density at radius 1 is 1.06 bits per heavy atom. The highest BCUT2D eigenvalue weighted by molar-refractivity contribution is 5.98. The number of amides is 1. The van der Waals surface area contributed by atoms with Gasteiger partial charge in [0.1, 0.15) is 29.3 Å². The molecular weight excluding hydrogens is 404 g/mol. The van der Waals surface area contributed by atoms with Crippen molar-refractivity contribution >= 4 is 22.8 Å². The van der Waals surface area contributed by atoms with E-state index in [2.05, 4.69) is 9.97 Å². The number of ether oxygens (including phenoxy) is 1. The van der Waals surface area contributed by atoms with Crippen molar-refractivity contribution in [3.63, 3.8) is 0 Å². The smallest absolute Gasteiger partial charge is 0.219 e. The van der Waals surface area contributed by atoms with E-state index in [-0.39, 0.29) is 11.9 Å². The first-order chi connectivity index (χ1) is 15.6. The van der Waals surface area contributed by atoms with Gasteiger partial charge < -0.3 is 15.4 Å². The molecule has 0 bridgehead atoms. The average Bonchev–Trinajstić information content (AvgIpc) is 3.21. The van der Waals surface area contributed by atoms with Gasteiger partial charge in [0.05, 0.1) is 11.4 Å². The number of anilines is 1. The maximum absolute atomic E-state index is 11.9. The molecule has 1 unspecified atom stereocenters. The van der Waals surface area contributed by atoms with E-state index in [0.717, 1.165) is 47.5 Å². The first-order valence-electron chi connectivity index (χ1n) is 10.7. The SMILES string of the molecule is CC(=O)N1CCCC(n2nc(-c3ccc(Oc4ccccc4)cc3)c3c(N)ncnc32)C1. The van der Waals surface area contributed by atoms with Crippen LogP contribution in [0.5, 0.6) is 11.5 Å². The first-order valence-corrected chi connectivity index (χ1v) is 10.7. The minimum absolute atomic E-state index is 0.0406. The molecule has 32 heavy (non-hydrogen) atoms. The summed E-state index contributed by atoms with van der Waals surface area (Å²) in [4.78, 5) is 22.5. The minimum atomic E-state index is 0.0406. The maximum Gasteiger partial charge on any atom is 0.219 e. The summed E-state index contributed by atoms with van der Waals surface area (Å²) in [7, 11) is 0. The Morgan fingerprint density at radius 2 is 1.81 bits per heavy atom. The van der Waals surface area contributed by atoms with Gasteiger partial charge in [-0.2, -0.15) is 5.10 Å². The van der Waals surface area contributed by atoms with E-state index < -0.39 is 0 Å². The molecule has 0 aliphatic carbocycles. The van der Waals surface area contributed by atoms with Gasteiger partial charge in [-0.05, 0) is 49.2 Å². The molecule has 2 N–H and O–H groups in total. The molecule has 2 aromatic heterocycles.